The predicted molar refractivity (Wildman–Crippen MR) is 136 cm³/mol. The van der Waals surface area contributed by atoms with E-state index >= 15 is 0 Å². The van der Waals surface area contributed by atoms with E-state index < -0.39 is 0 Å². The maximum atomic E-state index is 13.6. The molecule has 6 nitrogen and oxygen atoms in total. The quantitative estimate of drug-likeness (QED) is 0.485. The van der Waals surface area contributed by atoms with Crippen LogP contribution in [-0.4, -0.2) is 53.8 Å². The maximum absolute atomic E-state index is 13.6. The Bertz CT molecular complexity index is 1100. The van der Waals surface area contributed by atoms with Gasteiger partial charge in [0, 0.05) is 38.7 Å². The summed E-state index contributed by atoms with van der Waals surface area (Å²) in [6.07, 6.45) is 4.36. The summed E-state index contributed by atoms with van der Waals surface area (Å²) in [6, 6.07) is 23.3. The molecule has 1 aliphatic heterocycles. The summed E-state index contributed by atoms with van der Waals surface area (Å²) >= 11 is 0. The van der Waals surface area contributed by atoms with Crippen LogP contribution in [0.25, 0.3) is 0 Å². The van der Waals surface area contributed by atoms with E-state index in [1.54, 1.807) is 13.3 Å². The Morgan fingerprint density at radius 1 is 1.00 bits per heavy atom. The average molecular weight is 472 g/mol. The van der Waals surface area contributed by atoms with Gasteiger partial charge in [0.15, 0.2) is 0 Å². The van der Waals surface area contributed by atoms with Crippen molar-refractivity contribution in [2.45, 2.75) is 31.7 Å². The van der Waals surface area contributed by atoms with Crippen LogP contribution in [0.2, 0.25) is 0 Å². The molecule has 2 aromatic carbocycles. The number of piperidine rings is 1. The number of nitrogens with zero attached hydrogens (tertiary/aromatic N) is 3. The average Bonchev–Trinajstić information content (AvgIpc) is 2.93. The molecule has 3 aromatic rings. The number of aromatic nitrogens is 1. The zero-order valence-corrected chi connectivity index (χ0v) is 20.5. The van der Waals surface area contributed by atoms with Crippen molar-refractivity contribution in [2.75, 3.05) is 27.2 Å². The SMILES string of the molecule is COc1ccc(C(c2ccccn2)N(C)C(=O)C2CCN(C(=O)CCc3ccccc3)CC2)cc1. The first-order valence-electron chi connectivity index (χ1n) is 12.2. The number of hydrogen-bond donors (Lipinski definition) is 0. The zero-order chi connectivity index (χ0) is 24.6. The lowest BCUT2D eigenvalue weighted by molar-refractivity contribution is -0.141. The van der Waals surface area contributed by atoms with Crippen LogP contribution in [0.1, 0.15) is 42.1 Å². The molecule has 0 aliphatic carbocycles. The summed E-state index contributed by atoms with van der Waals surface area (Å²) < 4.78 is 5.30. The number of benzene rings is 2. The van der Waals surface area contributed by atoms with Crippen LogP contribution in [0.15, 0.2) is 79.0 Å². The van der Waals surface area contributed by atoms with E-state index in [0.717, 1.165) is 23.4 Å². The molecule has 1 unspecified atom stereocenters. The van der Waals surface area contributed by atoms with Crippen molar-refractivity contribution in [1.82, 2.24) is 14.8 Å². The summed E-state index contributed by atoms with van der Waals surface area (Å²) in [7, 11) is 3.49. The van der Waals surface area contributed by atoms with Crippen molar-refractivity contribution < 1.29 is 14.3 Å². The molecule has 1 atom stereocenters. The van der Waals surface area contributed by atoms with Gasteiger partial charge in [0.2, 0.25) is 11.8 Å². The summed E-state index contributed by atoms with van der Waals surface area (Å²) in [5.41, 5.74) is 2.97. The lowest BCUT2D eigenvalue weighted by atomic mass is 9.93. The van der Waals surface area contributed by atoms with E-state index in [1.165, 1.54) is 5.56 Å². The van der Waals surface area contributed by atoms with Gasteiger partial charge in [-0.05, 0) is 54.7 Å². The molecule has 1 aromatic heterocycles. The van der Waals surface area contributed by atoms with Crippen molar-refractivity contribution in [3.05, 3.63) is 95.8 Å². The van der Waals surface area contributed by atoms with Gasteiger partial charge in [-0.25, -0.2) is 0 Å². The maximum Gasteiger partial charge on any atom is 0.226 e. The molecule has 1 saturated heterocycles. The third-order valence-corrected chi connectivity index (χ3v) is 6.80. The number of carbonyl (C=O) groups is 2. The fraction of sp³-hybridized carbons (Fsp3) is 0.345. The first-order valence-corrected chi connectivity index (χ1v) is 12.2. The summed E-state index contributed by atoms with van der Waals surface area (Å²) in [4.78, 5) is 34.6. The highest BCUT2D eigenvalue weighted by Crippen LogP contribution is 2.31. The lowest BCUT2D eigenvalue weighted by Crippen LogP contribution is -2.44. The van der Waals surface area contributed by atoms with E-state index in [2.05, 4.69) is 17.1 Å². The Balaban J connectivity index is 1.39. The molecule has 1 fully saturated rings. The lowest BCUT2D eigenvalue weighted by Gasteiger charge is -2.36. The molecule has 2 amide bonds. The van der Waals surface area contributed by atoms with Crippen molar-refractivity contribution in [2.24, 2.45) is 5.92 Å². The molecule has 6 heteroatoms. The number of rotatable bonds is 8. The van der Waals surface area contributed by atoms with E-state index in [9.17, 15) is 9.59 Å². The van der Waals surface area contributed by atoms with E-state index in [1.807, 2.05) is 77.5 Å². The van der Waals surface area contributed by atoms with Crippen LogP contribution in [0.5, 0.6) is 5.75 Å². The minimum atomic E-state index is -0.292. The van der Waals surface area contributed by atoms with Gasteiger partial charge >= 0.3 is 0 Å². The molecular formula is C29H33N3O3. The third-order valence-electron chi connectivity index (χ3n) is 6.80. The molecular weight excluding hydrogens is 438 g/mol. The minimum Gasteiger partial charge on any atom is -0.497 e. The number of amides is 2. The molecule has 182 valence electrons. The van der Waals surface area contributed by atoms with Gasteiger partial charge in [-0.1, -0.05) is 48.5 Å². The first kappa shape index (κ1) is 24.5. The van der Waals surface area contributed by atoms with Crippen molar-refractivity contribution >= 4 is 11.8 Å². The number of carbonyl (C=O) groups excluding carboxylic acids is 2. The third kappa shape index (κ3) is 6.07. The summed E-state index contributed by atoms with van der Waals surface area (Å²) in [5, 5.41) is 0. The highest BCUT2D eigenvalue weighted by atomic mass is 16.5. The minimum absolute atomic E-state index is 0.0906. The smallest absolute Gasteiger partial charge is 0.226 e. The van der Waals surface area contributed by atoms with Gasteiger partial charge in [-0.3, -0.25) is 14.6 Å². The van der Waals surface area contributed by atoms with Gasteiger partial charge in [-0.2, -0.15) is 0 Å². The molecule has 0 N–H and O–H groups in total. The second kappa shape index (κ2) is 11.6. The number of hydrogen-bond acceptors (Lipinski definition) is 4. The molecule has 0 saturated carbocycles. The molecule has 35 heavy (non-hydrogen) atoms. The molecule has 1 aliphatic rings. The van der Waals surface area contributed by atoms with E-state index in [0.29, 0.717) is 32.4 Å². The van der Waals surface area contributed by atoms with Gasteiger partial charge in [-0.15, -0.1) is 0 Å². The first-order chi connectivity index (χ1) is 17.1. The Labute approximate surface area is 207 Å². The molecule has 2 heterocycles. The fourth-order valence-corrected chi connectivity index (χ4v) is 4.76. The van der Waals surface area contributed by atoms with E-state index in [-0.39, 0.29) is 23.8 Å². The monoisotopic (exact) mass is 471 g/mol. The number of pyridine rings is 1. The van der Waals surface area contributed by atoms with Gasteiger partial charge in [0.1, 0.15) is 5.75 Å². The highest BCUT2D eigenvalue weighted by Gasteiger charge is 2.33. The van der Waals surface area contributed by atoms with Crippen molar-refractivity contribution in [1.29, 1.82) is 0 Å². The van der Waals surface area contributed by atoms with Crippen LogP contribution in [-0.2, 0) is 16.0 Å². The largest absolute Gasteiger partial charge is 0.497 e. The van der Waals surface area contributed by atoms with Crippen LogP contribution in [0.3, 0.4) is 0 Å². The number of likely N-dealkylation sites (tertiary alicyclic amines) is 1. The summed E-state index contributed by atoms with van der Waals surface area (Å²) in [5.74, 6) is 0.917. The second-order valence-corrected chi connectivity index (χ2v) is 9.02. The normalized spacial score (nSPS) is 14.9. The van der Waals surface area contributed by atoms with Gasteiger partial charge in [0.25, 0.3) is 0 Å². The van der Waals surface area contributed by atoms with Gasteiger partial charge in [0.05, 0.1) is 18.8 Å². The molecule has 4 rings (SSSR count). The summed E-state index contributed by atoms with van der Waals surface area (Å²) in [6.45, 7) is 1.24. The van der Waals surface area contributed by atoms with E-state index in [4.69, 9.17) is 4.74 Å². The Hall–Kier alpha value is -3.67. The number of aryl methyl sites for hydroxylation is 1. The topological polar surface area (TPSA) is 62.7 Å². The van der Waals surface area contributed by atoms with Crippen molar-refractivity contribution in [3.8, 4) is 5.75 Å². The van der Waals surface area contributed by atoms with Crippen molar-refractivity contribution in [3.63, 3.8) is 0 Å². The van der Waals surface area contributed by atoms with Crippen LogP contribution >= 0.6 is 0 Å². The van der Waals surface area contributed by atoms with Crippen LogP contribution < -0.4 is 4.74 Å². The second-order valence-electron chi connectivity index (χ2n) is 9.02. The van der Waals surface area contributed by atoms with Crippen LogP contribution in [0, 0.1) is 5.92 Å². The van der Waals surface area contributed by atoms with Crippen LogP contribution in [0.4, 0.5) is 0 Å². The standard InChI is InChI=1S/C29H33N3O3/c1-31(28(26-10-6-7-19-30-26)23-12-14-25(35-2)15-13-23)29(34)24-17-20-32(21-18-24)27(33)16-11-22-8-4-3-5-9-22/h3-10,12-15,19,24,28H,11,16-18,20-21H2,1-2H3. The van der Waals surface area contributed by atoms with Gasteiger partial charge < -0.3 is 14.5 Å². The number of methoxy groups -OCH3 is 1. The molecule has 0 bridgehead atoms. The highest BCUT2D eigenvalue weighted by molar-refractivity contribution is 5.81. The Kier molecular flexibility index (Phi) is 8.14. The molecule has 0 spiro atoms. The molecule has 0 radical (unpaired) electrons. The number of ether oxygens (including phenoxy) is 1. The Morgan fingerprint density at radius 3 is 2.31 bits per heavy atom. The predicted octanol–water partition coefficient (Wildman–Crippen LogP) is 4.51. The zero-order valence-electron chi connectivity index (χ0n) is 20.5. The fourth-order valence-electron chi connectivity index (χ4n) is 4.76. The Morgan fingerprint density at radius 2 is 1.69 bits per heavy atom.